The minimum Gasteiger partial charge on any atom is -0.337 e. The van der Waals surface area contributed by atoms with Crippen molar-refractivity contribution in [2.75, 3.05) is 53.4 Å². The van der Waals surface area contributed by atoms with Crippen LogP contribution in [0.25, 0.3) is 0 Å². The van der Waals surface area contributed by atoms with E-state index >= 15 is 0 Å². The second-order valence-corrected chi connectivity index (χ2v) is 6.92. The molecule has 0 saturated carbocycles. The van der Waals surface area contributed by atoms with Gasteiger partial charge in [0.2, 0.25) is 0 Å². The van der Waals surface area contributed by atoms with E-state index in [2.05, 4.69) is 31.9 Å². The number of nitrogens with zero attached hydrogens (tertiary/aromatic N) is 3. The number of likely N-dealkylation sites (tertiary alicyclic amines) is 1. The first-order valence-corrected chi connectivity index (χ1v) is 9.00. The molecule has 1 aliphatic heterocycles. The monoisotopic (exact) mass is 324 g/mol. The first-order valence-electron chi connectivity index (χ1n) is 8.06. The Morgan fingerprint density at radius 1 is 1.32 bits per heavy atom. The van der Waals surface area contributed by atoms with Gasteiger partial charge in [0.15, 0.2) is 0 Å². The lowest BCUT2D eigenvalue weighted by Crippen LogP contribution is -2.44. The predicted molar refractivity (Wildman–Crippen MR) is 92.4 cm³/mol. The summed E-state index contributed by atoms with van der Waals surface area (Å²) in [4.78, 5) is 18.9. The molecule has 0 bridgehead atoms. The Hall–Kier alpha value is -1.11. The van der Waals surface area contributed by atoms with Gasteiger partial charge in [-0.2, -0.15) is 11.3 Å². The Bertz CT molecular complexity index is 429. The lowest BCUT2D eigenvalue weighted by atomic mass is 10.3. The average Bonchev–Trinajstić information content (AvgIpc) is 3.16. The SMILES string of the molecule is CN(C)CCN(Cc1ccsc1)C(=O)NCCN1CCCC1. The van der Waals surface area contributed by atoms with E-state index in [0.29, 0.717) is 6.54 Å². The van der Waals surface area contributed by atoms with Crippen molar-refractivity contribution in [2.24, 2.45) is 0 Å². The van der Waals surface area contributed by atoms with Crippen LogP contribution < -0.4 is 5.32 Å². The Kier molecular flexibility index (Phi) is 7.15. The van der Waals surface area contributed by atoms with E-state index in [1.54, 1.807) is 11.3 Å². The van der Waals surface area contributed by atoms with Crippen LogP contribution in [0.1, 0.15) is 18.4 Å². The van der Waals surface area contributed by atoms with Gasteiger partial charge in [-0.25, -0.2) is 4.79 Å². The summed E-state index contributed by atoms with van der Waals surface area (Å²) in [6.07, 6.45) is 2.59. The normalized spacial score (nSPS) is 15.4. The van der Waals surface area contributed by atoms with E-state index in [9.17, 15) is 4.79 Å². The van der Waals surface area contributed by atoms with E-state index in [1.165, 1.54) is 31.5 Å². The van der Waals surface area contributed by atoms with Gasteiger partial charge >= 0.3 is 6.03 Å². The van der Waals surface area contributed by atoms with Crippen LogP contribution in [0.3, 0.4) is 0 Å². The molecule has 0 atom stereocenters. The van der Waals surface area contributed by atoms with E-state index in [-0.39, 0.29) is 6.03 Å². The van der Waals surface area contributed by atoms with Gasteiger partial charge in [0.25, 0.3) is 0 Å². The fourth-order valence-electron chi connectivity index (χ4n) is 2.62. The number of carbonyl (C=O) groups excluding carboxylic acids is 1. The highest BCUT2D eigenvalue weighted by molar-refractivity contribution is 7.07. The van der Waals surface area contributed by atoms with Gasteiger partial charge in [0, 0.05) is 32.7 Å². The number of thiophene rings is 1. The summed E-state index contributed by atoms with van der Waals surface area (Å²) < 4.78 is 0. The fraction of sp³-hybridized carbons (Fsp3) is 0.688. The maximum Gasteiger partial charge on any atom is 0.317 e. The number of hydrogen-bond donors (Lipinski definition) is 1. The minimum atomic E-state index is 0.0484. The number of amides is 2. The molecule has 0 radical (unpaired) electrons. The summed E-state index contributed by atoms with van der Waals surface area (Å²) in [7, 11) is 4.07. The van der Waals surface area contributed by atoms with E-state index in [1.807, 2.05) is 19.0 Å². The van der Waals surface area contributed by atoms with Crippen molar-refractivity contribution < 1.29 is 4.79 Å². The summed E-state index contributed by atoms with van der Waals surface area (Å²) in [6, 6.07) is 2.14. The maximum atomic E-state index is 12.4. The molecule has 1 saturated heterocycles. The molecular formula is C16H28N4OS. The van der Waals surface area contributed by atoms with Gasteiger partial charge in [-0.05, 0) is 62.4 Å². The van der Waals surface area contributed by atoms with Crippen LogP contribution in [0.5, 0.6) is 0 Å². The summed E-state index contributed by atoms with van der Waals surface area (Å²) in [5, 5.41) is 7.25. The molecule has 22 heavy (non-hydrogen) atoms. The van der Waals surface area contributed by atoms with Crippen molar-refractivity contribution >= 4 is 17.4 Å². The van der Waals surface area contributed by atoms with Crippen molar-refractivity contribution in [1.82, 2.24) is 20.0 Å². The molecule has 5 nitrogen and oxygen atoms in total. The lowest BCUT2D eigenvalue weighted by molar-refractivity contribution is 0.187. The molecule has 0 aliphatic carbocycles. The molecule has 1 aromatic rings. The third kappa shape index (κ3) is 5.94. The summed E-state index contributed by atoms with van der Waals surface area (Å²) >= 11 is 1.68. The van der Waals surface area contributed by atoms with Crippen LogP contribution >= 0.6 is 11.3 Å². The van der Waals surface area contributed by atoms with Gasteiger partial charge in [-0.3, -0.25) is 0 Å². The second kappa shape index (κ2) is 9.12. The average molecular weight is 324 g/mol. The molecule has 0 aromatic carbocycles. The number of carbonyl (C=O) groups is 1. The van der Waals surface area contributed by atoms with Crippen LogP contribution in [-0.4, -0.2) is 74.1 Å². The summed E-state index contributed by atoms with van der Waals surface area (Å²) in [5.74, 6) is 0. The van der Waals surface area contributed by atoms with Crippen LogP contribution in [0.4, 0.5) is 4.79 Å². The first kappa shape index (κ1) is 17.2. The van der Waals surface area contributed by atoms with E-state index in [0.717, 1.165) is 26.2 Å². The molecule has 1 aliphatic rings. The van der Waals surface area contributed by atoms with Gasteiger partial charge < -0.3 is 20.0 Å². The number of rotatable bonds is 8. The van der Waals surface area contributed by atoms with E-state index < -0.39 is 0 Å². The number of nitrogens with one attached hydrogen (secondary N) is 1. The van der Waals surface area contributed by atoms with Crippen LogP contribution in [0.2, 0.25) is 0 Å². The molecule has 2 heterocycles. The number of likely N-dealkylation sites (N-methyl/N-ethyl adjacent to an activating group) is 1. The third-order valence-corrected chi connectivity index (χ3v) is 4.69. The zero-order valence-electron chi connectivity index (χ0n) is 13.8. The van der Waals surface area contributed by atoms with Gasteiger partial charge in [-0.15, -0.1) is 0 Å². The van der Waals surface area contributed by atoms with Crippen LogP contribution in [0, 0.1) is 0 Å². The lowest BCUT2D eigenvalue weighted by Gasteiger charge is -2.25. The molecule has 1 N–H and O–H groups in total. The third-order valence-electron chi connectivity index (χ3n) is 3.96. The largest absolute Gasteiger partial charge is 0.337 e. The quantitative estimate of drug-likeness (QED) is 0.794. The van der Waals surface area contributed by atoms with Gasteiger partial charge in [0.05, 0.1) is 0 Å². The number of hydrogen-bond acceptors (Lipinski definition) is 4. The van der Waals surface area contributed by atoms with Crippen LogP contribution in [-0.2, 0) is 6.54 Å². The molecule has 6 heteroatoms. The molecule has 124 valence electrons. The highest BCUT2D eigenvalue weighted by Crippen LogP contribution is 2.10. The van der Waals surface area contributed by atoms with Crippen molar-refractivity contribution in [3.63, 3.8) is 0 Å². The highest BCUT2D eigenvalue weighted by Gasteiger charge is 2.15. The Labute approximate surface area is 137 Å². The maximum absolute atomic E-state index is 12.4. The Balaban J connectivity index is 1.78. The second-order valence-electron chi connectivity index (χ2n) is 6.14. The fourth-order valence-corrected chi connectivity index (χ4v) is 3.27. The zero-order valence-corrected chi connectivity index (χ0v) is 14.6. The predicted octanol–water partition coefficient (Wildman–Crippen LogP) is 1.92. The molecular weight excluding hydrogens is 296 g/mol. The number of urea groups is 1. The zero-order chi connectivity index (χ0) is 15.8. The van der Waals surface area contributed by atoms with Crippen molar-refractivity contribution in [1.29, 1.82) is 0 Å². The topological polar surface area (TPSA) is 38.8 Å². The first-order chi connectivity index (χ1) is 10.6. The van der Waals surface area contributed by atoms with Crippen LogP contribution in [0.15, 0.2) is 16.8 Å². The Morgan fingerprint density at radius 2 is 2.09 bits per heavy atom. The molecule has 2 amide bonds. The molecule has 1 fully saturated rings. The minimum absolute atomic E-state index is 0.0484. The highest BCUT2D eigenvalue weighted by atomic mass is 32.1. The van der Waals surface area contributed by atoms with E-state index in [4.69, 9.17) is 0 Å². The molecule has 0 spiro atoms. The van der Waals surface area contributed by atoms with Crippen molar-refractivity contribution in [3.8, 4) is 0 Å². The molecule has 0 unspecified atom stereocenters. The molecule has 1 aromatic heterocycles. The van der Waals surface area contributed by atoms with Crippen molar-refractivity contribution in [2.45, 2.75) is 19.4 Å². The van der Waals surface area contributed by atoms with Gasteiger partial charge in [-0.1, -0.05) is 0 Å². The van der Waals surface area contributed by atoms with Crippen molar-refractivity contribution in [3.05, 3.63) is 22.4 Å². The summed E-state index contributed by atoms with van der Waals surface area (Å²) in [6.45, 7) is 6.37. The van der Waals surface area contributed by atoms with Gasteiger partial charge in [0.1, 0.15) is 0 Å². The summed E-state index contributed by atoms with van der Waals surface area (Å²) in [5.41, 5.74) is 1.21. The smallest absolute Gasteiger partial charge is 0.317 e. The Morgan fingerprint density at radius 3 is 2.73 bits per heavy atom. The molecule has 2 rings (SSSR count). The standard InChI is InChI=1S/C16H28N4OS/c1-18(2)10-11-20(13-15-5-12-22-14-15)16(21)17-6-9-19-7-3-4-8-19/h5,12,14H,3-4,6-11,13H2,1-2H3,(H,17,21).